The minimum absolute atomic E-state index is 0.127. The van der Waals surface area contributed by atoms with Gasteiger partial charge in [0, 0.05) is 31.7 Å². The molecule has 20 heavy (non-hydrogen) atoms. The topological polar surface area (TPSA) is 78.5 Å². The molecule has 0 saturated carbocycles. The van der Waals surface area contributed by atoms with Crippen molar-refractivity contribution in [3.05, 3.63) is 28.2 Å². The molecule has 0 spiro atoms. The van der Waals surface area contributed by atoms with E-state index in [9.17, 15) is 13.2 Å². The third kappa shape index (κ3) is 4.77. The monoisotopic (exact) mass is 363 g/mol. The molecule has 6 nitrogen and oxygen atoms in total. The largest absolute Gasteiger partial charge is 0.337 e. The van der Waals surface area contributed by atoms with Crippen LogP contribution >= 0.6 is 15.9 Å². The second-order valence-corrected chi connectivity index (χ2v) is 7.05. The Morgan fingerprint density at radius 1 is 1.30 bits per heavy atom. The van der Waals surface area contributed by atoms with E-state index in [1.165, 1.54) is 4.90 Å². The van der Waals surface area contributed by atoms with Crippen LogP contribution in [0.4, 0.5) is 4.79 Å². The molecule has 112 valence electrons. The zero-order chi connectivity index (χ0) is 15.3. The van der Waals surface area contributed by atoms with Gasteiger partial charge in [0.05, 0.1) is 4.90 Å². The molecule has 0 aliphatic rings. The highest BCUT2D eigenvalue weighted by molar-refractivity contribution is 9.10. The number of aryl methyl sites for hydroxylation is 1. The minimum atomic E-state index is -3.59. The maximum atomic E-state index is 12.1. The van der Waals surface area contributed by atoms with E-state index in [0.717, 1.165) is 5.56 Å². The highest BCUT2D eigenvalue weighted by Crippen LogP contribution is 2.22. The van der Waals surface area contributed by atoms with Crippen molar-refractivity contribution in [2.24, 2.45) is 0 Å². The number of rotatable bonds is 5. The lowest BCUT2D eigenvalue weighted by Crippen LogP contribution is -2.39. The second-order valence-electron chi connectivity index (χ2n) is 4.46. The summed E-state index contributed by atoms with van der Waals surface area (Å²) in [5.74, 6) is 0. The van der Waals surface area contributed by atoms with E-state index in [0.29, 0.717) is 4.47 Å². The molecule has 0 fully saturated rings. The molecule has 0 aliphatic carbocycles. The molecule has 0 aromatic heterocycles. The number of halogens is 1. The molecule has 0 bridgehead atoms. The quantitative estimate of drug-likeness (QED) is 0.774. The number of amides is 2. The van der Waals surface area contributed by atoms with Gasteiger partial charge in [0.1, 0.15) is 0 Å². The summed E-state index contributed by atoms with van der Waals surface area (Å²) in [5, 5.41) is 2.58. The van der Waals surface area contributed by atoms with Crippen molar-refractivity contribution in [2.45, 2.75) is 11.8 Å². The molecular formula is C12H18BrN3O3S. The Bertz CT molecular complexity index is 588. The van der Waals surface area contributed by atoms with Gasteiger partial charge < -0.3 is 10.2 Å². The molecule has 0 unspecified atom stereocenters. The summed E-state index contributed by atoms with van der Waals surface area (Å²) in [7, 11) is -0.360. The molecule has 0 aliphatic heterocycles. The lowest BCUT2D eigenvalue weighted by atomic mass is 10.2. The molecule has 0 saturated heterocycles. The molecule has 1 rings (SSSR count). The molecule has 8 heteroatoms. The molecule has 1 aromatic carbocycles. The molecular weight excluding hydrogens is 346 g/mol. The summed E-state index contributed by atoms with van der Waals surface area (Å²) in [4.78, 5) is 12.8. The van der Waals surface area contributed by atoms with Crippen LogP contribution in [0.15, 0.2) is 27.6 Å². The third-order valence-electron chi connectivity index (χ3n) is 2.48. The normalized spacial score (nSPS) is 11.2. The van der Waals surface area contributed by atoms with Crippen LogP contribution in [-0.4, -0.2) is 46.5 Å². The Kier molecular flexibility index (Phi) is 5.97. The Balaban J connectivity index is 2.60. The van der Waals surface area contributed by atoms with Crippen molar-refractivity contribution in [2.75, 3.05) is 27.2 Å². The zero-order valence-corrected chi connectivity index (χ0v) is 14.0. The molecule has 0 radical (unpaired) electrons. The van der Waals surface area contributed by atoms with Crippen LogP contribution in [0, 0.1) is 6.92 Å². The summed E-state index contributed by atoms with van der Waals surface area (Å²) in [6.07, 6.45) is 0. The SMILES string of the molecule is Cc1ccc(S(=O)(=O)NCCNC(=O)N(C)C)c(Br)c1. The Hall–Kier alpha value is -1.12. The number of nitrogens with zero attached hydrogens (tertiary/aromatic N) is 1. The molecule has 0 atom stereocenters. The van der Waals surface area contributed by atoms with Crippen molar-refractivity contribution in [1.29, 1.82) is 0 Å². The van der Waals surface area contributed by atoms with Crippen molar-refractivity contribution < 1.29 is 13.2 Å². The van der Waals surface area contributed by atoms with Gasteiger partial charge in [-0.25, -0.2) is 17.9 Å². The van der Waals surface area contributed by atoms with Crippen molar-refractivity contribution in [3.8, 4) is 0 Å². The van der Waals surface area contributed by atoms with E-state index < -0.39 is 10.0 Å². The van der Waals surface area contributed by atoms with Crippen LogP contribution in [0.1, 0.15) is 5.56 Å². The van der Waals surface area contributed by atoms with Crippen LogP contribution in [-0.2, 0) is 10.0 Å². The highest BCUT2D eigenvalue weighted by Gasteiger charge is 2.16. The predicted molar refractivity (Wildman–Crippen MR) is 81.2 cm³/mol. The van der Waals surface area contributed by atoms with E-state index in [-0.39, 0.29) is 24.0 Å². The number of carbonyl (C=O) groups is 1. The fraction of sp³-hybridized carbons (Fsp3) is 0.417. The molecule has 1 aromatic rings. The third-order valence-corrected chi connectivity index (χ3v) is 4.91. The maximum Gasteiger partial charge on any atom is 0.316 e. The maximum absolute atomic E-state index is 12.1. The number of hydrogen-bond acceptors (Lipinski definition) is 3. The minimum Gasteiger partial charge on any atom is -0.337 e. The number of nitrogens with one attached hydrogen (secondary N) is 2. The number of benzene rings is 1. The van der Waals surface area contributed by atoms with E-state index in [1.54, 1.807) is 32.3 Å². The number of urea groups is 1. The van der Waals surface area contributed by atoms with Gasteiger partial charge in [-0.05, 0) is 40.5 Å². The Morgan fingerprint density at radius 3 is 2.50 bits per heavy atom. The van der Waals surface area contributed by atoms with Gasteiger partial charge in [0.2, 0.25) is 10.0 Å². The van der Waals surface area contributed by atoms with E-state index >= 15 is 0 Å². The van der Waals surface area contributed by atoms with Gasteiger partial charge in [-0.1, -0.05) is 6.07 Å². The molecule has 0 heterocycles. The predicted octanol–water partition coefficient (Wildman–Crippen LogP) is 1.31. The van der Waals surface area contributed by atoms with Crippen LogP contribution in [0.2, 0.25) is 0 Å². The number of carbonyl (C=O) groups excluding carboxylic acids is 1. The van der Waals surface area contributed by atoms with E-state index in [1.807, 2.05) is 6.92 Å². The first kappa shape index (κ1) is 16.9. The van der Waals surface area contributed by atoms with Gasteiger partial charge in [0.15, 0.2) is 0 Å². The molecule has 2 N–H and O–H groups in total. The fourth-order valence-electron chi connectivity index (χ4n) is 1.41. The first-order valence-electron chi connectivity index (χ1n) is 5.95. The fourth-order valence-corrected chi connectivity index (χ4v) is 3.64. The lowest BCUT2D eigenvalue weighted by molar-refractivity contribution is 0.217. The van der Waals surface area contributed by atoms with Crippen molar-refractivity contribution >= 4 is 32.0 Å². The van der Waals surface area contributed by atoms with Crippen LogP contribution in [0.3, 0.4) is 0 Å². The summed E-state index contributed by atoms with van der Waals surface area (Å²) in [5.41, 5.74) is 0.967. The standard InChI is InChI=1S/C12H18BrN3O3S/c1-9-4-5-11(10(13)8-9)20(18,19)15-7-6-14-12(17)16(2)3/h4-5,8,15H,6-7H2,1-3H3,(H,14,17). The molecule has 2 amide bonds. The number of hydrogen-bond donors (Lipinski definition) is 2. The average Bonchev–Trinajstić information content (AvgIpc) is 2.33. The number of sulfonamides is 1. The summed E-state index contributed by atoms with van der Waals surface area (Å²) < 4.78 is 27.1. The highest BCUT2D eigenvalue weighted by atomic mass is 79.9. The van der Waals surface area contributed by atoms with Gasteiger partial charge in [-0.2, -0.15) is 0 Å². The van der Waals surface area contributed by atoms with Gasteiger partial charge in [-0.3, -0.25) is 0 Å². The van der Waals surface area contributed by atoms with Crippen LogP contribution < -0.4 is 10.0 Å². The van der Waals surface area contributed by atoms with Crippen molar-refractivity contribution in [3.63, 3.8) is 0 Å². The average molecular weight is 364 g/mol. The van der Waals surface area contributed by atoms with Crippen LogP contribution in [0.5, 0.6) is 0 Å². The summed E-state index contributed by atoms with van der Waals surface area (Å²) in [6, 6.07) is 4.75. The van der Waals surface area contributed by atoms with E-state index in [2.05, 4.69) is 26.0 Å². The van der Waals surface area contributed by atoms with E-state index in [4.69, 9.17) is 0 Å². The van der Waals surface area contributed by atoms with Crippen molar-refractivity contribution in [1.82, 2.24) is 14.9 Å². The Morgan fingerprint density at radius 2 is 1.95 bits per heavy atom. The second kappa shape index (κ2) is 7.05. The lowest BCUT2D eigenvalue weighted by Gasteiger charge is -2.13. The smallest absolute Gasteiger partial charge is 0.316 e. The Labute approximate surface area is 127 Å². The van der Waals surface area contributed by atoms with Crippen LogP contribution in [0.25, 0.3) is 0 Å². The first-order chi connectivity index (χ1) is 9.24. The summed E-state index contributed by atoms with van der Waals surface area (Å²) in [6.45, 7) is 2.23. The summed E-state index contributed by atoms with van der Waals surface area (Å²) >= 11 is 3.24. The van der Waals surface area contributed by atoms with Gasteiger partial charge in [0.25, 0.3) is 0 Å². The zero-order valence-electron chi connectivity index (χ0n) is 11.6. The van der Waals surface area contributed by atoms with Gasteiger partial charge in [-0.15, -0.1) is 0 Å². The first-order valence-corrected chi connectivity index (χ1v) is 8.22. The van der Waals surface area contributed by atoms with Gasteiger partial charge >= 0.3 is 6.03 Å².